The minimum absolute atomic E-state index is 0.300. The highest BCUT2D eigenvalue weighted by Crippen LogP contribution is 2.28. The molecule has 0 bridgehead atoms. The van der Waals surface area contributed by atoms with E-state index in [2.05, 4.69) is 20.2 Å². The van der Waals surface area contributed by atoms with Crippen LogP contribution in [-0.2, 0) is 13.0 Å². The molecule has 7 heteroatoms. The van der Waals surface area contributed by atoms with Crippen LogP contribution in [0.3, 0.4) is 0 Å². The van der Waals surface area contributed by atoms with Crippen LogP contribution in [0.25, 0.3) is 5.69 Å². The lowest BCUT2D eigenvalue weighted by molar-refractivity contribution is 0.417. The number of fused-ring (bicyclic) bond motifs is 1. The molecule has 3 aromatic rings. The van der Waals surface area contributed by atoms with Crippen molar-refractivity contribution in [1.82, 2.24) is 29.5 Å². The molecule has 1 aliphatic heterocycles. The van der Waals surface area contributed by atoms with Gasteiger partial charge in [-0.1, -0.05) is 11.6 Å². The van der Waals surface area contributed by atoms with Crippen LogP contribution >= 0.6 is 11.6 Å². The molecule has 1 unspecified atom stereocenters. The fourth-order valence-corrected chi connectivity index (χ4v) is 3.05. The molecule has 4 rings (SSSR count). The second-order valence-electron chi connectivity index (χ2n) is 5.49. The fourth-order valence-electron chi connectivity index (χ4n) is 2.92. The number of aromatic nitrogens is 6. The second kappa shape index (κ2) is 5.21. The van der Waals surface area contributed by atoms with Crippen LogP contribution in [0.5, 0.6) is 0 Å². The molecule has 3 heterocycles. The van der Waals surface area contributed by atoms with Gasteiger partial charge in [-0.25, -0.2) is 14.6 Å². The summed E-state index contributed by atoms with van der Waals surface area (Å²) in [7, 11) is 0. The third-order valence-electron chi connectivity index (χ3n) is 3.99. The Morgan fingerprint density at radius 2 is 2.05 bits per heavy atom. The molecule has 0 N–H and O–H groups in total. The average molecular weight is 315 g/mol. The van der Waals surface area contributed by atoms with Crippen LogP contribution in [0, 0.1) is 6.92 Å². The zero-order valence-electron chi connectivity index (χ0n) is 12.1. The van der Waals surface area contributed by atoms with Crippen molar-refractivity contribution in [2.45, 2.75) is 32.2 Å². The second-order valence-corrected chi connectivity index (χ2v) is 5.93. The number of hydrogen-bond acceptors (Lipinski definition) is 4. The van der Waals surface area contributed by atoms with Crippen LogP contribution < -0.4 is 0 Å². The first-order chi connectivity index (χ1) is 10.7. The van der Waals surface area contributed by atoms with Gasteiger partial charge in [0, 0.05) is 23.9 Å². The van der Waals surface area contributed by atoms with Crippen molar-refractivity contribution in [3.8, 4) is 5.69 Å². The highest BCUT2D eigenvalue weighted by Gasteiger charge is 2.26. The predicted molar refractivity (Wildman–Crippen MR) is 82.2 cm³/mol. The van der Waals surface area contributed by atoms with E-state index in [0.717, 1.165) is 42.5 Å². The van der Waals surface area contributed by atoms with Gasteiger partial charge in [-0.15, -0.1) is 0 Å². The summed E-state index contributed by atoms with van der Waals surface area (Å²) < 4.78 is 3.88. The third kappa shape index (κ3) is 2.29. The van der Waals surface area contributed by atoms with Gasteiger partial charge in [0.1, 0.15) is 23.8 Å². The van der Waals surface area contributed by atoms with Crippen LogP contribution in [0.4, 0.5) is 0 Å². The summed E-state index contributed by atoms with van der Waals surface area (Å²) in [6.45, 7) is 2.79. The lowest BCUT2D eigenvalue weighted by atomic mass is 9.97. The van der Waals surface area contributed by atoms with Crippen LogP contribution in [0.2, 0.25) is 5.02 Å². The van der Waals surface area contributed by atoms with E-state index in [1.165, 1.54) is 0 Å². The van der Waals surface area contributed by atoms with Crippen molar-refractivity contribution in [3.05, 3.63) is 53.1 Å². The van der Waals surface area contributed by atoms with Crippen molar-refractivity contribution < 1.29 is 0 Å². The largest absolute Gasteiger partial charge is 0.250 e. The standard InChI is InChI=1S/C15H15ClN6/c1-10-19-15(11-6-7-21-14(8-11)17-9-18-21)22(20-10)13-4-2-12(16)3-5-13/h2-5,9,11H,6-8H2,1H3. The van der Waals surface area contributed by atoms with E-state index < -0.39 is 0 Å². The topological polar surface area (TPSA) is 61.4 Å². The summed E-state index contributed by atoms with van der Waals surface area (Å²) in [5.41, 5.74) is 0.979. The first-order valence-electron chi connectivity index (χ1n) is 7.27. The maximum absolute atomic E-state index is 5.97. The van der Waals surface area contributed by atoms with E-state index >= 15 is 0 Å². The zero-order chi connectivity index (χ0) is 15.1. The molecule has 1 aliphatic rings. The average Bonchev–Trinajstić information content (AvgIpc) is 3.13. The maximum Gasteiger partial charge on any atom is 0.148 e. The molecule has 0 saturated heterocycles. The van der Waals surface area contributed by atoms with Crippen LogP contribution in [0.15, 0.2) is 30.6 Å². The van der Waals surface area contributed by atoms with Gasteiger partial charge in [-0.05, 0) is 37.6 Å². The lowest BCUT2D eigenvalue weighted by Crippen LogP contribution is -2.21. The summed E-state index contributed by atoms with van der Waals surface area (Å²) >= 11 is 5.97. The van der Waals surface area contributed by atoms with E-state index in [0.29, 0.717) is 10.9 Å². The molecule has 0 spiro atoms. The smallest absolute Gasteiger partial charge is 0.148 e. The lowest BCUT2D eigenvalue weighted by Gasteiger charge is -2.21. The Morgan fingerprint density at radius 3 is 2.86 bits per heavy atom. The highest BCUT2D eigenvalue weighted by molar-refractivity contribution is 6.30. The Labute approximate surface area is 132 Å². The third-order valence-corrected chi connectivity index (χ3v) is 4.24. The van der Waals surface area contributed by atoms with Gasteiger partial charge >= 0.3 is 0 Å². The Hall–Kier alpha value is -2.21. The van der Waals surface area contributed by atoms with E-state index in [1.54, 1.807) is 6.33 Å². The fraction of sp³-hybridized carbons (Fsp3) is 0.333. The molecule has 0 aliphatic carbocycles. The Bertz CT molecular complexity index is 804. The Morgan fingerprint density at radius 1 is 1.23 bits per heavy atom. The molecule has 0 fully saturated rings. The van der Waals surface area contributed by atoms with Gasteiger partial charge in [0.25, 0.3) is 0 Å². The minimum atomic E-state index is 0.300. The zero-order valence-corrected chi connectivity index (χ0v) is 12.9. The summed E-state index contributed by atoms with van der Waals surface area (Å²) in [5, 5.41) is 9.49. The Kier molecular flexibility index (Phi) is 3.18. The van der Waals surface area contributed by atoms with E-state index in [9.17, 15) is 0 Å². The molecule has 6 nitrogen and oxygen atoms in total. The SMILES string of the molecule is Cc1nc(C2CCn3ncnc3C2)n(-c2ccc(Cl)cc2)n1. The number of rotatable bonds is 2. The predicted octanol–water partition coefficient (Wildman–Crippen LogP) is 2.55. The molecular formula is C15H15ClN6. The molecule has 2 aromatic heterocycles. The van der Waals surface area contributed by atoms with Gasteiger partial charge in [-0.2, -0.15) is 10.2 Å². The van der Waals surface area contributed by atoms with Gasteiger partial charge in [0.15, 0.2) is 0 Å². The van der Waals surface area contributed by atoms with Gasteiger partial charge in [0.05, 0.1) is 5.69 Å². The quantitative estimate of drug-likeness (QED) is 0.729. The van der Waals surface area contributed by atoms with E-state index in [1.807, 2.05) is 40.6 Å². The molecule has 0 radical (unpaired) electrons. The number of halogens is 1. The molecule has 0 saturated carbocycles. The van der Waals surface area contributed by atoms with Crippen molar-refractivity contribution in [2.75, 3.05) is 0 Å². The molecule has 0 amide bonds. The number of hydrogen-bond donors (Lipinski definition) is 0. The molecule has 22 heavy (non-hydrogen) atoms. The number of benzene rings is 1. The summed E-state index contributed by atoms with van der Waals surface area (Å²) in [5.74, 6) is 3.07. The van der Waals surface area contributed by atoms with Crippen molar-refractivity contribution in [1.29, 1.82) is 0 Å². The van der Waals surface area contributed by atoms with E-state index in [-0.39, 0.29) is 0 Å². The van der Waals surface area contributed by atoms with Crippen molar-refractivity contribution in [3.63, 3.8) is 0 Å². The van der Waals surface area contributed by atoms with Crippen molar-refractivity contribution >= 4 is 11.6 Å². The van der Waals surface area contributed by atoms with Gasteiger partial charge in [-0.3, -0.25) is 4.68 Å². The monoisotopic (exact) mass is 314 g/mol. The molecule has 1 atom stereocenters. The van der Waals surface area contributed by atoms with E-state index in [4.69, 9.17) is 11.6 Å². The molecule has 112 valence electrons. The van der Waals surface area contributed by atoms with Crippen LogP contribution in [-0.4, -0.2) is 29.5 Å². The minimum Gasteiger partial charge on any atom is -0.250 e. The first-order valence-corrected chi connectivity index (χ1v) is 7.64. The maximum atomic E-state index is 5.97. The van der Waals surface area contributed by atoms with Crippen LogP contribution in [0.1, 0.15) is 29.8 Å². The Balaban J connectivity index is 1.72. The normalized spacial score (nSPS) is 17.5. The summed E-state index contributed by atoms with van der Waals surface area (Å²) in [6.07, 6.45) is 3.45. The summed E-state index contributed by atoms with van der Waals surface area (Å²) in [4.78, 5) is 8.98. The van der Waals surface area contributed by atoms with Crippen molar-refractivity contribution in [2.24, 2.45) is 0 Å². The molecular weight excluding hydrogens is 300 g/mol. The summed E-state index contributed by atoms with van der Waals surface area (Å²) in [6, 6.07) is 7.67. The first kappa shape index (κ1) is 13.5. The number of nitrogens with zero attached hydrogens (tertiary/aromatic N) is 6. The molecule has 1 aromatic carbocycles. The highest BCUT2D eigenvalue weighted by atomic mass is 35.5. The van der Waals surface area contributed by atoms with Gasteiger partial charge in [0.2, 0.25) is 0 Å². The van der Waals surface area contributed by atoms with Gasteiger partial charge < -0.3 is 0 Å². The number of aryl methyl sites for hydroxylation is 2.